The molecule has 0 radical (unpaired) electrons. The lowest BCUT2D eigenvalue weighted by Crippen LogP contribution is -2.30. The van der Waals surface area contributed by atoms with Crippen molar-refractivity contribution >= 4 is 8.07 Å². The molecule has 0 amide bonds. The summed E-state index contributed by atoms with van der Waals surface area (Å²) < 4.78 is 13.4. The minimum absolute atomic E-state index is 0.164. The standard InChI is InChI=1S/C26H30O2Si/c1-29(2,3)20-19-26(18-10-11-21-16-17-21)27-24(22-12-6-4-7-13-22)25(28-26)23-14-8-5-9-15-23/h4-9,11-15,24-25H,10,16-18H2,1-3H3/t24-,25-/m0/s1. The second kappa shape index (κ2) is 8.32. The van der Waals surface area contributed by atoms with Crippen LogP contribution >= 0.6 is 0 Å². The van der Waals surface area contributed by atoms with E-state index in [9.17, 15) is 0 Å². The Labute approximate surface area is 176 Å². The fourth-order valence-electron chi connectivity index (χ4n) is 3.60. The van der Waals surface area contributed by atoms with Gasteiger partial charge in [0.25, 0.3) is 0 Å². The zero-order valence-corrected chi connectivity index (χ0v) is 18.7. The van der Waals surface area contributed by atoms with Gasteiger partial charge in [-0.2, -0.15) is 0 Å². The van der Waals surface area contributed by atoms with E-state index in [2.05, 4.69) is 85.7 Å². The van der Waals surface area contributed by atoms with Crippen LogP contribution in [0.2, 0.25) is 19.6 Å². The number of rotatable bonds is 5. The van der Waals surface area contributed by atoms with E-state index in [-0.39, 0.29) is 12.2 Å². The molecule has 1 heterocycles. The maximum absolute atomic E-state index is 6.70. The van der Waals surface area contributed by atoms with Crippen molar-refractivity contribution in [2.75, 3.05) is 0 Å². The van der Waals surface area contributed by atoms with Crippen LogP contribution in [-0.2, 0) is 9.47 Å². The van der Waals surface area contributed by atoms with E-state index >= 15 is 0 Å². The Hall–Kier alpha value is -2.12. The second-order valence-corrected chi connectivity index (χ2v) is 13.8. The molecule has 0 bridgehead atoms. The topological polar surface area (TPSA) is 18.5 Å². The van der Waals surface area contributed by atoms with Gasteiger partial charge in [-0.15, -0.1) is 5.54 Å². The second-order valence-electron chi connectivity index (χ2n) is 9.05. The summed E-state index contributed by atoms with van der Waals surface area (Å²) in [5.41, 5.74) is 7.35. The third kappa shape index (κ3) is 5.28. The Bertz CT molecular complexity index is 862. The number of benzene rings is 2. The molecule has 2 aromatic carbocycles. The first kappa shape index (κ1) is 20.2. The van der Waals surface area contributed by atoms with Crippen LogP contribution in [-0.4, -0.2) is 13.9 Å². The quantitative estimate of drug-likeness (QED) is 0.319. The fraction of sp³-hybridized carbons (Fsp3) is 0.385. The van der Waals surface area contributed by atoms with E-state index in [1.807, 2.05) is 12.1 Å². The van der Waals surface area contributed by atoms with Gasteiger partial charge in [-0.25, -0.2) is 0 Å². The third-order valence-electron chi connectivity index (χ3n) is 5.24. The molecule has 0 unspecified atom stereocenters. The molecular formula is C26H30O2Si. The van der Waals surface area contributed by atoms with E-state index < -0.39 is 13.9 Å². The summed E-state index contributed by atoms with van der Waals surface area (Å²) in [7, 11) is -1.56. The van der Waals surface area contributed by atoms with Crippen LogP contribution < -0.4 is 0 Å². The predicted molar refractivity (Wildman–Crippen MR) is 121 cm³/mol. The van der Waals surface area contributed by atoms with Crippen LogP contribution in [0, 0.1) is 11.5 Å². The minimum atomic E-state index is -1.56. The first-order valence-electron chi connectivity index (χ1n) is 10.6. The van der Waals surface area contributed by atoms with Crippen molar-refractivity contribution in [1.29, 1.82) is 0 Å². The lowest BCUT2D eigenvalue weighted by Gasteiger charge is -2.23. The van der Waals surface area contributed by atoms with Crippen molar-refractivity contribution in [2.24, 2.45) is 0 Å². The summed E-state index contributed by atoms with van der Waals surface area (Å²) in [6.45, 7) is 6.79. The van der Waals surface area contributed by atoms with Crippen LogP contribution in [0.4, 0.5) is 0 Å². The van der Waals surface area contributed by atoms with Gasteiger partial charge in [0.15, 0.2) is 0 Å². The summed E-state index contributed by atoms with van der Waals surface area (Å²) in [5.74, 6) is 2.61. The molecule has 2 nitrogen and oxygen atoms in total. The highest BCUT2D eigenvalue weighted by Gasteiger charge is 2.47. The third-order valence-corrected chi connectivity index (χ3v) is 6.11. The molecule has 2 aliphatic rings. The maximum atomic E-state index is 6.70. The number of hydrogen-bond donors (Lipinski definition) is 0. The van der Waals surface area contributed by atoms with Crippen molar-refractivity contribution in [1.82, 2.24) is 0 Å². The minimum Gasteiger partial charge on any atom is -0.328 e. The normalized spacial score (nSPS) is 22.7. The molecule has 1 aliphatic carbocycles. The molecule has 29 heavy (non-hydrogen) atoms. The van der Waals surface area contributed by atoms with Crippen molar-refractivity contribution in [2.45, 2.75) is 63.3 Å². The summed E-state index contributed by atoms with van der Waals surface area (Å²) >= 11 is 0. The van der Waals surface area contributed by atoms with Crippen molar-refractivity contribution in [3.05, 3.63) is 83.4 Å². The predicted octanol–water partition coefficient (Wildman–Crippen LogP) is 6.59. The Morgan fingerprint density at radius 2 is 1.41 bits per heavy atom. The SMILES string of the molecule is C[Si](C)(C)C#CC1(CCC=C2CC2)O[C@@H](c2ccccc2)[C@H](c2ccccc2)O1. The monoisotopic (exact) mass is 402 g/mol. The molecular weight excluding hydrogens is 372 g/mol. The van der Waals surface area contributed by atoms with Gasteiger partial charge in [-0.3, -0.25) is 0 Å². The van der Waals surface area contributed by atoms with Crippen LogP contribution in [0.3, 0.4) is 0 Å². The van der Waals surface area contributed by atoms with Gasteiger partial charge in [0.05, 0.1) is 0 Å². The molecule has 1 saturated carbocycles. The molecule has 3 heteroatoms. The Morgan fingerprint density at radius 1 is 0.897 bits per heavy atom. The smallest absolute Gasteiger partial charge is 0.234 e. The summed E-state index contributed by atoms with van der Waals surface area (Å²) in [6.07, 6.45) is 6.21. The molecule has 0 spiro atoms. The zero-order valence-electron chi connectivity index (χ0n) is 17.7. The summed E-state index contributed by atoms with van der Waals surface area (Å²) in [6, 6.07) is 20.8. The Balaban J connectivity index is 1.70. The fourth-order valence-corrected chi connectivity index (χ4v) is 4.16. The van der Waals surface area contributed by atoms with Gasteiger partial charge < -0.3 is 9.47 Å². The van der Waals surface area contributed by atoms with Crippen LogP contribution in [0.15, 0.2) is 72.3 Å². The van der Waals surface area contributed by atoms with Crippen molar-refractivity contribution < 1.29 is 9.47 Å². The van der Waals surface area contributed by atoms with Gasteiger partial charge in [-0.1, -0.05) is 92.0 Å². The van der Waals surface area contributed by atoms with Gasteiger partial charge in [0.1, 0.15) is 20.3 Å². The number of ether oxygens (including phenoxy) is 2. The van der Waals surface area contributed by atoms with Gasteiger partial charge in [0.2, 0.25) is 5.79 Å². The molecule has 0 aromatic heterocycles. The highest BCUT2D eigenvalue weighted by molar-refractivity contribution is 6.83. The average Bonchev–Trinajstić information content (AvgIpc) is 3.46. The van der Waals surface area contributed by atoms with Crippen LogP contribution in [0.1, 0.15) is 49.0 Å². The van der Waals surface area contributed by atoms with E-state index in [0.29, 0.717) is 0 Å². The van der Waals surface area contributed by atoms with E-state index in [1.165, 1.54) is 12.8 Å². The Morgan fingerprint density at radius 3 is 1.86 bits per heavy atom. The van der Waals surface area contributed by atoms with Gasteiger partial charge in [0, 0.05) is 6.42 Å². The zero-order chi connectivity index (χ0) is 20.3. The van der Waals surface area contributed by atoms with Crippen molar-refractivity contribution in [3.8, 4) is 11.5 Å². The number of allylic oxidation sites excluding steroid dienone is 2. The van der Waals surface area contributed by atoms with E-state index in [0.717, 1.165) is 24.0 Å². The number of hydrogen-bond acceptors (Lipinski definition) is 2. The maximum Gasteiger partial charge on any atom is 0.234 e. The summed E-state index contributed by atoms with van der Waals surface area (Å²) in [4.78, 5) is 0. The lowest BCUT2D eigenvalue weighted by atomic mass is 9.99. The van der Waals surface area contributed by atoms with Gasteiger partial charge >= 0.3 is 0 Å². The molecule has 2 fully saturated rings. The first-order valence-corrected chi connectivity index (χ1v) is 14.1. The van der Waals surface area contributed by atoms with Gasteiger partial charge in [-0.05, 0) is 36.3 Å². The average molecular weight is 403 g/mol. The van der Waals surface area contributed by atoms with E-state index in [4.69, 9.17) is 9.47 Å². The van der Waals surface area contributed by atoms with Crippen LogP contribution in [0.25, 0.3) is 0 Å². The first-order chi connectivity index (χ1) is 13.9. The summed E-state index contributed by atoms with van der Waals surface area (Å²) in [5, 5.41) is 0. The molecule has 1 saturated heterocycles. The highest BCUT2D eigenvalue weighted by atomic mass is 28.3. The molecule has 4 rings (SSSR count). The van der Waals surface area contributed by atoms with Crippen molar-refractivity contribution in [3.63, 3.8) is 0 Å². The molecule has 1 aliphatic heterocycles. The lowest BCUT2D eigenvalue weighted by molar-refractivity contribution is -0.133. The Kier molecular flexibility index (Phi) is 5.78. The highest BCUT2D eigenvalue weighted by Crippen LogP contribution is 2.48. The van der Waals surface area contributed by atoms with Crippen LogP contribution in [0.5, 0.6) is 0 Å². The molecule has 2 aromatic rings. The molecule has 2 atom stereocenters. The molecule has 0 N–H and O–H groups in total. The molecule has 150 valence electrons. The largest absolute Gasteiger partial charge is 0.328 e. The van der Waals surface area contributed by atoms with E-state index in [1.54, 1.807) is 5.57 Å².